The molecule has 1 fully saturated rings. The summed E-state index contributed by atoms with van der Waals surface area (Å²) in [5.41, 5.74) is 0.414. The molecule has 0 unspecified atom stereocenters. The van der Waals surface area contributed by atoms with Gasteiger partial charge >= 0.3 is 0 Å². The maximum absolute atomic E-state index is 12.6. The van der Waals surface area contributed by atoms with Crippen molar-refractivity contribution in [3.05, 3.63) is 36.3 Å². The fourth-order valence-electron chi connectivity index (χ4n) is 3.21. The second kappa shape index (κ2) is 9.25. The number of hydrogen-bond donors (Lipinski definition) is 0. The summed E-state index contributed by atoms with van der Waals surface area (Å²) in [6.45, 7) is 8.94. The molecule has 0 spiro atoms. The fraction of sp³-hybridized carbons (Fsp3) is 0.526. The Hall–Kier alpha value is -2.77. The van der Waals surface area contributed by atoms with Crippen LogP contribution in [0.1, 0.15) is 37.2 Å². The Balaban J connectivity index is 1.60. The summed E-state index contributed by atoms with van der Waals surface area (Å²) in [7, 11) is 0. The van der Waals surface area contributed by atoms with Crippen molar-refractivity contribution in [3.63, 3.8) is 0 Å². The summed E-state index contributed by atoms with van der Waals surface area (Å²) in [6.07, 6.45) is 5.39. The highest BCUT2D eigenvalue weighted by Crippen LogP contribution is 2.16. The van der Waals surface area contributed by atoms with Crippen molar-refractivity contribution >= 4 is 17.7 Å². The molecule has 0 radical (unpaired) electrons. The minimum Gasteiger partial charge on any atom is -0.352 e. The third-order valence-corrected chi connectivity index (χ3v) is 4.58. The smallest absolute Gasteiger partial charge is 0.274 e. The van der Waals surface area contributed by atoms with E-state index in [2.05, 4.69) is 43.8 Å². The predicted octanol–water partition coefficient (Wildman–Crippen LogP) is 1.86. The third kappa shape index (κ3) is 4.69. The highest BCUT2D eigenvalue weighted by atomic mass is 16.2. The zero-order valence-electron chi connectivity index (χ0n) is 16.1. The van der Waals surface area contributed by atoms with Crippen LogP contribution in [0, 0.1) is 0 Å². The molecule has 2 aromatic rings. The molecule has 8 heteroatoms. The second-order valence-corrected chi connectivity index (χ2v) is 6.59. The van der Waals surface area contributed by atoms with Gasteiger partial charge in [-0.3, -0.25) is 4.79 Å². The number of piperazine rings is 1. The first-order valence-electron chi connectivity index (χ1n) is 9.62. The highest BCUT2D eigenvalue weighted by molar-refractivity contribution is 5.92. The number of aromatic nitrogens is 4. The maximum atomic E-state index is 12.6. The summed E-state index contributed by atoms with van der Waals surface area (Å²) in [6, 6.07) is 5.50. The van der Waals surface area contributed by atoms with E-state index in [1.807, 2.05) is 17.0 Å². The molecular formula is C19H27N7O. The zero-order valence-corrected chi connectivity index (χ0v) is 16.1. The summed E-state index contributed by atoms with van der Waals surface area (Å²) < 4.78 is 0. The highest BCUT2D eigenvalue weighted by Gasteiger charge is 2.21. The number of rotatable bonds is 7. The van der Waals surface area contributed by atoms with E-state index in [0.29, 0.717) is 5.69 Å². The van der Waals surface area contributed by atoms with Gasteiger partial charge in [0.15, 0.2) is 11.5 Å². The van der Waals surface area contributed by atoms with Crippen molar-refractivity contribution in [2.75, 3.05) is 49.1 Å². The van der Waals surface area contributed by atoms with Crippen LogP contribution < -0.4 is 9.80 Å². The maximum Gasteiger partial charge on any atom is 0.274 e. The lowest BCUT2D eigenvalue weighted by Gasteiger charge is -2.35. The average molecular weight is 369 g/mol. The molecule has 0 aliphatic carbocycles. The van der Waals surface area contributed by atoms with E-state index in [-0.39, 0.29) is 5.91 Å². The van der Waals surface area contributed by atoms with E-state index >= 15 is 0 Å². The van der Waals surface area contributed by atoms with Crippen LogP contribution in [0.3, 0.4) is 0 Å². The van der Waals surface area contributed by atoms with Crippen LogP contribution in [-0.4, -0.2) is 70.2 Å². The Morgan fingerprint density at radius 1 is 0.963 bits per heavy atom. The van der Waals surface area contributed by atoms with Gasteiger partial charge in [-0.15, -0.1) is 10.2 Å². The van der Waals surface area contributed by atoms with Gasteiger partial charge < -0.3 is 14.7 Å². The molecule has 0 aromatic carbocycles. The lowest BCUT2D eigenvalue weighted by atomic mass is 10.2. The van der Waals surface area contributed by atoms with E-state index in [0.717, 1.165) is 63.9 Å². The molecule has 0 atom stereocenters. The molecular weight excluding hydrogens is 342 g/mol. The molecule has 2 aromatic heterocycles. The van der Waals surface area contributed by atoms with E-state index in [4.69, 9.17) is 0 Å². The van der Waals surface area contributed by atoms with Crippen molar-refractivity contribution in [3.8, 4) is 0 Å². The minimum atomic E-state index is -0.0382. The predicted molar refractivity (Wildman–Crippen MR) is 105 cm³/mol. The summed E-state index contributed by atoms with van der Waals surface area (Å²) in [4.78, 5) is 27.4. The number of hydrogen-bond acceptors (Lipinski definition) is 7. The summed E-state index contributed by atoms with van der Waals surface area (Å²) in [5.74, 6) is 1.53. The van der Waals surface area contributed by atoms with Crippen molar-refractivity contribution in [1.29, 1.82) is 0 Å². The van der Waals surface area contributed by atoms with Crippen LogP contribution in [0.2, 0.25) is 0 Å². The first kappa shape index (κ1) is 19.0. The molecule has 0 bridgehead atoms. The zero-order chi connectivity index (χ0) is 19.1. The largest absolute Gasteiger partial charge is 0.352 e. The van der Waals surface area contributed by atoms with Crippen LogP contribution >= 0.6 is 0 Å². The van der Waals surface area contributed by atoms with Crippen LogP contribution in [0.15, 0.2) is 30.6 Å². The SMILES string of the molecule is CCCN(CCC)C(=O)c1ccc(N2CCN(c3ncccn3)CC2)nn1. The van der Waals surface area contributed by atoms with Gasteiger partial charge in [0.1, 0.15) is 0 Å². The van der Waals surface area contributed by atoms with Crippen LogP contribution in [-0.2, 0) is 0 Å². The van der Waals surface area contributed by atoms with Crippen molar-refractivity contribution in [2.24, 2.45) is 0 Å². The van der Waals surface area contributed by atoms with Gasteiger partial charge in [0, 0.05) is 51.7 Å². The summed E-state index contributed by atoms with van der Waals surface area (Å²) in [5, 5.41) is 8.50. The minimum absolute atomic E-state index is 0.0382. The molecule has 1 aliphatic heterocycles. The van der Waals surface area contributed by atoms with Crippen LogP contribution in [0.4, 0.5) is 11.8 Å². The van der Waals surface area contributed by atoms with Gasteiger partial charge in [-0.2, -0.15) is 0 Å². The molecule has 3 heterocycles. The molecule has 0 saturated carbocycles. The van der Waals surface area contributed by atoms with Gasteiger partial charge in [0.2, 0.25) is 5.95 Å². The van der Waals surface area contributed by atoms with E-state index in [1.54, 1.807) is 18.5 Å². The molecule has 0 N–H and O–H groups in total. The summed E-state index contributed by atoms with van der Waals surface area (Å²) >= 11 is 0. The first-order valence-corrected chi connectivity index (χ1v) is 9.62. The van der Waals surface area contributed by atoms with Crippen molar-refractivity contribution in [1.82, 2.24) is 25.1 Å². The van der Waals surface area contributed by atoms with Gasteiger partial charge in [-0.25, -0.2) is 9.97 Å². The van der Waals surface area contributed by atoms with E-state index < -0.39 is 0 Å². The number of anilines is 2. The Morgan fingerprint density at radius 3 is 2.15 bits per heavy atom. The van der Waals surface area contributed by atoms with Gasteiger partial charge in [0.25, 0.3) is 5.91 Å². The topological polar surface area (TPSA) is 78.4 Å². The molecule has 1 aliphatic rings. The molecule has 8 nitrogen and oxygen atoms in total. The molecule has 3 rings (SSSR count). The van der Waals surface area contributed by atoms with Crippen LogP contribution in [0.5, 0.6) is 0 Å². The standard InChI is InChI=1S/C19H27N7O/c1-3-10-25(11-4-2)18(27)16-6-7-17(23-22-16)24-12-14-26(15-13-24)19-20-8-5-9-21-19/h5-9H,3-4,10-15H2,1-2H3. The third-order valence-electron chi connectivity index (χ3n) is 4.58. The van der Waals surface area contributed by atoms with Crippen molar-refractivity contribution in [2.45, 2.75) is 26.7 Å². The lowest BCUT2D eigenvalue weighted by Crippen LogP contribution is -2.47. The number of nitrogens with zero attached hydrogens (tertiary/aromatic N) is 7. The quantitative estimate of drug-likeness (QED) is 0.737. The Labute approximate surface area is 160 Å². The molecule has 144 valence electrons. The molecule has 1 saturated heterocycles. The fourth-order valence-corrected chi connectivity index (χ4v) is 3.21. The van der Waals surface area contributed by atoms with E-state index in [1.165, 1.54) is 0 Å². The molecule has 1 amide bonds. The number of carbonyl (C=O) groups is 1. The monoisotopic (exact) mass is 369 g/mol. The molecule has 27 heavy (non-hydrogen) atoms. The Kier molecular flexibility index (Phi) is 6.51. The van der Waals surface area contributed by atoms with Gasteiger partial charge in [-0.1, -0.05) is 13.8 Å². The van der Waals surface area contributed by atoms with Gasteiger partial charge in [0.05, 0.1) is 0 Å². The second-order valence-electron chi connectivity index (χ2n) is 6.59. The number of amides is 1. The van der Waals surface area contributed by atoms with Crippen LogP contribution in [0.25, 0.3) is 0 Å². The normalized spacial score (nSPS) is 14.3. The average Bonchev–Trinajstić information content (AvgIpc) is 2.74. The number of carbonyl (C=O) groups excluding carboxylic acids is 1. The van der Waals surface area contributed by atoms with Crippen molar-refractivity contribution < 1.29 is 4.79 Å². The lowest BCUT2D eigenvalue weighted by molar-refractivity contribution is 0.0748. The Bertz CT molecular complexity index is 709. The first-order chi connectivity index (χ1) is 13.2. The Morgan fingerprint density at radius 2 is 1.59 bits per heavy atom. The van der Waals surface area contributed by atoms with E-state index in [9.17, 15) is 4.79 Å². The van der Waals surface area contributed by atoms with Gasteiger partial charge in [-0.05, 0) is 31.0 Å².